The largest absolute Gasteiger partial charge is 0.403 e. The highest BCUT2D eigenvalue weighted by atomic mass is 127. The van der Waals surface area contributed by atoms with Crippen LogP contribution in [0.15, 0.2) is 4.99 Å². The average Bonchev–Trinajstić information content (AvgIpc) is 3.43. The second-order valence-electron chi connectivity index (χ2n) is 7.55. The minimum absolute atomic E-state index is 0. The predicted molar refractivity (Wildman–Crippen MR) is 104 cm³/mol. The molecule has 0 radical (unpaired) electrons. The molecule has 1 heterocycles. The van der Waals surface area contributed by atoms with Gasteiger partial charge in [-0.05, 0) is 50.9 Å². The van der Waals surface area contributed by atoms with Gasteiger partial charge in [-0.2, -0.15) is 13.2 Å². The maximum atomic E-state index is 12.9. The van der Waals surface area contributed by atoms with Gasteiger partial charge in [-0.25, -0.2) is 0 Å². The standard InChI is InChI=1S/C17H29F3N4.HI/c1-3-21-15(22-12-16(6-7-16)14-4-5-14)24-10-8-23(9-11-24)13(2)17(18,19)20;/h13-14H,3-12H2,1-2H3,(H,21,22);1H. The van der Waals surface area contributed by atoms with Crippen molar-refractivity contribution in [3.8, 4) is 0 Å². The summed E-state index contributed by atoms with van der Waals surface area (Å²) in [4.78, 5) is 8.48. The summed E-state index contributed by atoms with van der Waals surface area (Å²) in [5.41, 5.74) is 0.452. The molecule has 8 heteroatoms. The molecule has 0 aromatic heterocycles. The van der Waals surface area contributed by atoms with E-state index in [0.29, 0.717) is 31.6 Å². The van der Waals surface area contributed by atoms with Gasteiger partial charge in [-0.15, -0.1) is 24.0 Å². The van der Waals surface area contributed by atoms with Crippen molar-refractivity contribution in [1.29, 1.82) is 0 Å². The summed E-state index contributed by atoms with van der Waals surface area (Å²) in [6.07, 6.45) is 1.12. The van der Waals surface area contributed by atoms with Gasteiger partial charge in [-0.1, -0.05) is 0 Å². The number of hydrogen-bond acceptors (Lipinski definition) is 2. The Bertz CT molecular complexity index is 467. The second-order valence-corrected chi connectivity index (χ2v) is 7.55. The number of alkyl halides is 3. The highest BCUT2D eigenvalue weighted by molar-refractivity contribution is 14.0. The molecule has 2 aliphatic carbocycles. The molecule has 3 aliphatic rings. The first kappa shape index (κ1) is 21.1. The molecule has 0 aromatic rings. The van der Waals surface area contributed by atoms with Gasteiger partial charge in [0.15, 0.2) is 5.96 Å². The summed E-state index contributed by atoms with van der Waals surface area (Å²) in [5.74, 6) is 1.75. The van der Waals surface area contributed by atoms with Crippen LogP contribution in [0, 0.1) is 11.3 Å². The number of halogens is 4. The quantitative estimate of drug-likeness (QED) is 0.377. The van der Waals surface area contributed by atoms with Gasteiger partial charge in [0, 0.05) is 39.3 Å². The Morgan fingerprint density at radius 2 is 1.80 bits per heavy atom. The van der Waals surface area contributed by atoms with Crippen molar-refractivity contribution in [3.63, 3.8) is 0 Å². The predicted octanol–water partition coefficient (Wildman–Crippen LogP) is 3.33. The molecule has 1 saturated heterocycles. The van der Waals surface area contributed by atoms with Crippen LogP contribution in [0.5, 0.6) is 0 Å². The van der Waals surface area contributed by atoms with Crippen LogP contribution in [-0.2, 0) is 0 Å². The molecule has 25 heavy (non-hydrogen) atoms. The minimum Gasteiger partial charge on any atom is -0.357 e. The second kappa shape index (κ2) is 8.19. The Balaban J connectivity index is 0.00000225. The van der Waals surface area contributed by atoms with Gasteiger partial charge < -0.3 is 10.2 Å². The van der Waals surface area contributed by atoms with Crippen molar-refractivity contribution in [1.82, 2.24) is 15.1 Å². The number of piperazine rings is 1. The van der Waals surface area contributed by atoms with Crippen LogP contribution in [0.4, 0.5) is 13.2 Å². The Labute approximate surface area is 165 Å². The molecule has 0 bridgehead atoms. The van der Waals surface area contributed by atoms with Crippen molar-refractivity contribution in [2.24, 2.45) is 16.3 Å². The number of hydrogen-bond donors (Lipinski definition) is 1. The van der Waals surface area contributed by atoms with E-state index in [4.69, 9.17) is 4.99 Å². The smallest absolute Gasteiger partial charge is 0.357 e. The van der Waals surface area contributed by atoms with Gasteiger partial charge in [0.1, 0.15) is 6.04 Å². The van der Waals surface area contributed by atoms with Crippen molar-refractivity contribution in [3.05, 3.63) is 0 Å². The SMILES string of the molecule is CCNC(=NCC1(C2CC2)CC1)N1CCN(C(C)C(F)(F)F)CC1.I. The van der Waals surface area contributed by atoms with E-state index in [0.717, 1.165) is 25.0 Å². The van der Waals surface area contributed by atoms with E-state index in [-0.39, 0.29) is 24.0 Å². The number of aliphatic imine (C=N–C) groups is 1. The van der Waals surface area contributed by atoms with E-state index in [1.165, 1.54) is 37.5 Å². The maximum absolute atomic E-state index is 12.9. The van der Waals surface area contributed by atoms with E-state index in [1.807, 2.05) is 6.92 Å². The van der Waals surface area contributed by atoms with Crippen molar-refractivity contribution >= 4 is 29.9 Å². The lowest BCUT2D eigenvalue weighted by atomic mass is 10.0. The zero-order chi connectivity index (χ0) is 17.4. The third kappa shape index (κ3) is 5.14. The van der Waals surface area contributed by atoms with E-state index in [2.05, 4.69) is 10.2 Å². The average molecular weight is 474 g/mol. The van der Waals surface area contributed by atoms with Crippen LogP contribution in [0.25, 0.3) is 0 Å². The maximum Gasteiger partial charge on any atom is 0.403 e. The Morgan fingerprint density at radius 1 is 1.20 bits per heavy atom. The molecule has 1 aliphatic heterocycles. The number of nitrogens with one attached hydrogen (secondary N) is 1. The molecule has 0 spiro atoms. The summed E-state index contributed by atoms with van der Waals surface area (Å²) >= 11 is 0. The topological polar surface area (TPSA) is 30.9 Å². The van der Waals surface area contributed by atoms with E-state index < -0.39 is 12.2 Å². The molecule has 0 amide bonds. The van der Waals surface area contributed by atoms with Gasteiger partial charge in [0.05, 0.1) is 0 Å². The molecular weight excluding hydrogens is 444 g/mol. The van der Waals surface area contributed by atoms with Gasteiger partial charge >= 0.3 is 6.18 Å². The fourth-order valence-corrected chi connectivity index (χ4v) is 3.74. The first-order chi connectivity index (χ1) is 11.4. The molecule has 0 aromatic carbocycles. The van der Waals surface area contributed by atoms with E-state index in [1.54, 1.807) is 0 Å². The van der Waals surface area contributed by atoms with Gasteiger partial charge in [0.2, 0.25) is 0 Å². The number of nitrogens with zero attached hydrogens (tertiary/aromatic N) is 3. The van der Waals surface area contributed by atoms with Gasteiger partial charge in [-0.3, -0.25) is 9.89 Å². The first-order valence-corrected chi connectivity index (χ1v) is 9.20. The molecule has 1 atom stereocenters. The summed E-state index contributed by atoms with van der Waals surface area (Å²) < 4.78 is 38.6. The zero-order valence-electron chi connectivity index (χ0n) is 15.1. The van der Waals surface area contributed by atoms with Crippen LogP contribution >= 0.6 is 24.0 Å². The fourth-order valence-electron chi connectivity index (χ4n) is 3.74. The molecular formula is C17H30F3IN4. The Morgan fingerprint density at radius 3 is 2.24 bits per heavy atom. The summed E-state index contributed by atoms with van der Waals surface area (Å²) in [6.45, 7) is 7.00. The molecule has 2 saturated carbocycles. The molecule has 3 rings (SSSR count). The Hall–Kier alpha value is -0.250. The van der Waals surface area contributed by atoms with Crippen LogP contribution in [-0.4, -0.2) is 67.2 Å². The van der Waals surface area contributed by atoms with E-state index >= 15 is 0 Å². The molecule has 3 fully saturated rings. The van der Waals surface area contributed by atoms with E-state index in [9.17, 15) is 13.2 Å². The van der Waals surface area contributed by atoms with Crippen molar-refractivity contribution in [2.75, 3.05) is 39.3 Å². The van der Waals surface area contributed by atoms with Crippen molar-refractivity contribution < 1.29 is 13.2 Å². The summed E-state index contributed by atoms with van der Waals surface area (Å²) in [7, 11) is 0. The fraction of sp³-hybridized carbons (Fsp3) is 0.941. The normalized spacial score (nSPS) is 25.3. The lowest BCUT2D eigenvalue weighted by Gasteiger charge is -2.39. The zero-order valence-corrected chi connectivity index (χ0v) is 17.4. The monoisotopic (exact) mass is 474 g/mol. The molecule has 4 nitrogen and oxygen atoms in total. The van der Waals surface area contributed by atoms with Gasteiger partial charge in [0.25, 0.3) is 0 Å². The third-order valence-electron chi connectivity index (χ3n) is 5.85. The molecule has 1 unspecified atom stereocenters. The molecule has 1 N–H and O–H groups in total. The lowest BCUT2D eigenvalue weighted by Crippen LogP contribution is -2.56. The summed E-state index contributed by atoms with van der Waals surface area (Å²) in [5, 5.41) is 3.32. The van der Waals surface area contributed by atoms with Crippen molar-refractivity contribution in [2.45, 2.75) is 51.7 Å². The lowest BCUT2D eigenvalue weighted by molar-refractivity contribution is -0.181. The highest BCUT2D eigenvalue weighted by Crippen LogP contribution is 2.61. The molecule has 146 valence electrons. The first-order valence-electron chi connectivity index (χ1n) is 9.20. The third-order valence-corrected chi connectivity index (χ3v) is 5.85. The number of guanidine groups is 1. The van der Waals surface area contributed by atoms with Crippen LogP contribution in [0.1, 0.15) is 39.5 Å². The summed E-state index contributed by atoms with van der Waals surface area (Å²) in [6, 6.07) is -1.37. The minimum atomic E-state index is -4.15. The van der Waals surface area contributed by atoms with Crippen LogP contribution in [0.2, 0.25) is 0 Å². The highest BCUT2D eigenvalue weighted by Gasteiger charge is 2.53. The Kier molecular flexibility index (Phi) is 6.89. The van der Waals surface area contributed by atoms with Crippen LogP contribution in [0.3, 0.4) is 0 Å². The van der Waals surface area contributed by atoms with Crippen LogP contribution < -0.4 is 5.32 Å². The number of rotatable bonds is 5.